The number of carbonyl (C=O) groups excluding carboxylic acids is 1. The lowest BCUT2D eigenvalue weighted by Gasteiger charge is -2.35. The van der Waals surface area contributed by atoms with Crippen molar-refractivity contribution < 1.29 is 27.4 Å². The normalized spacial score (nSPS) is 19.5. The van der Waals surface area contributed by atoms with Crippen LogP contribution in [0.4, 0.5) is 13.2 Å². The Hall–Kier alpha value is -4.12. The molecule has 0 saturated carbocycles. The summed E-state index contributed by atoms with van der Waals surface area (Å²) in [6.45, 7) is 5.99. The van der Waals surface area contributed by atoms with E-state index >= 15 is 0 Å². The second kappa shape index (κ2) is 12.1. The predicted octanol–water partition coefficient (Wildman–Crippen LogP) is 6.63. The zero-order valence-electron chi connectivity index (χ0n) is 25.1. The summed E-state index contributed by atoms with van der Waals surface area (Å²) in [7, 11) is 1.99. The number of amides is 1. The Bertz CT molecular complexity index is 1670. The molecule has 1 saturated heterocycles. The van der Waals surface area contributed by atoms with Gasteiger partial charge in [-0.05, 0) is 100 Å². The summed E-state index contributed by atoms with van der Waals surface area (Å²) in [6.07, 6.45) is 0.622. The number of hydrogen-bond donors (Lipinski definition) is 1. The maximum absolute atomic E-state index is 14.1. The molecule has 1 fully saturated rings. The average molecular weight is 608 g/mol. The van der Waals surface area contributed by atoms with Gasteiger partial charge in [-0.15, -0.1) is 0 Å². The number of aryl methyl sites for hydroxylation is 1. The molecule has 0 spiro atoms. The molecule has 3 aromatic heterocycles. The Labute approximate surface area is 254 Å². The number of aromatic amines is 1. The number of halogens is 3. The van der Waals surface area contributed by atoms with E-state index < -0.39 is 17.6 Å². The van der Waals surface area contributed by atoms with Gasteiger partial charge in [-0.3, -0.25) is 4.79 Å². The monoisotopic (exact) mass is 607 g/mol. The van der Waals surface area contributed by atoms with E-state index in [4.69, 9.17) is 9.47 Å². The predicted molar refractivity (Wildman–Crippen MR) is 160 cm³/mol. The van der Waals surface area contributed by atoms with Crippen LogP contribution < -0.4 is 9.47 Å². The fourth-order valence-electron chi connectivity index (χ4n) is 6.20. The molecule has 2 atom stereocenters. The van der Waals surface area contributed by atoms with Crippen molar-refractivity contribution in [2.24, 2.45) is 0 Å². The molecule has 2 aliphatic heterocycles. The topological polar surface area (TPSA) is 83.6 Å². The van der Waals surface area contributed by atoms with Crippen molar-refractivity contribution in [3.8, 4) is 17.4 Å². The molecule has 1 N–H and O–H groups in total. The smallest absolute Gasteiger partial charge is 0.421 e. The van der Waals surface area contributed by atoms with Gasteiger partial charge in [-0.1, -0.05) is 6.07 Å². The number of fused-ring (bicyclic) bond motifs is 2. The molecule has 1 amide bonds. The van der Waals surface area contributed by atoms with Crippen molar-refractivity contribution in [3.63, 3.8) is 0 Å². The molecule has 0 aliphatic carbocycles. The molecule has 232 valence electrons. The van der Waals surface area contributed by atoms with Crippen molar-refractivity contribution in [1.82, 2.24) is 24.8 Å². The van der Waals surface area contributed by atoms with Crippen molar-refractivity contribution in [1.29, 1.82) is 0 Å². The molecule has 0 radical (unpaired) electrons. The average Bonchev–Trinajstić information content (AvgIpc) is 3.25. The van der Waals surface area contributed by atoms with Gasteiger partial charge in [-0.25, -0.2) is 9.97 Å². The van der Waals surface area contributed by atoms with Crippen LogP contribution in [0.15, 0.2) is 48.8 Å². The summed E-state index contributed by atoms with van der Waals surface area (Å²) < 4.78 is 54.3. The van der Waals surface area contributed by atoms with E-state index in [9.17, 15) is 18.0 Å². The standard InChI is InChI=1S/C33H36F3N5O3/c1-20-15-27-29(8-11-37-31(27)39-20)43-25-7-6-23-9-14-41(21(2)26(23)18-25)30(42)17-22-16-28(33(34,35)36)32(38-19-22)44-24-5-4-12-40(3)13-10-24/h6-8,11,15-16,18-19,21,24H,4-5,9-10,12-14,17H2,1-3H3,(H,37,39)/t21-,24?/m0/s1. The second-order valence-corrected chi connectivity index (χ2v) is 11.8. The van der Waals surface area contributed by atoms with E-state index in [1.807, 2.05) is 51.2 Å². The van der Waals surface area contributed by atoms with Gasteiger partial charge in [0.05, 0.1) is 17.8 Å². The van der Waals surface area contributed by atoms with E-state index in [0.29, 0.717) is 37.3 Å². The van der Waals surface area contributed by atoms with Crippen LogP contribution in [0.3, 0.4) is 0 Å². The molecule has 8 nitrogen and oxygen atoms in total. The fourth-order valence-corrected chi connectivity index (χ4v) is 6.20. The molecule has 2 aliphatic rings. The third-order valence-electron chi connectivity index (χ3n) is 8.58. The minimum atomic E-state index is -4.66. The Morgan fingerprint density at radius 1 is 1.09 bits per heavy atom. The molecule has 6 rings (SSSR count). The first-order valence-electron chi connectivity index (χ1n) is 15.0. The number of benzene rings is 1. The van der Waals surface area contributed by atoms with E-state index in [0.717, 1.165) is 53.4 Å². The number of ether oxygens (including phenoxy) is 2. The maximum Gasteiger partial charge on any atom is 0.421 e. The molecular weight excluding hydrogens is 571 g/mol. The van der Waals surface area contributed by atoms with Crippen LogP contribution >= 0.6 is 0 Å². The van der Waals surface area contributed by atoms with Crippen LogP contribution in [-0.2, 0) is 23.8 Å². The van der Waals surface area contributed by atoms with Gasteiger partial charge in [-0.2, -0.15) is 13.2 Å². The maximum atomic E-state index is 14.1. The van der Waals surface area contributed by atoms with Gasteiger partial charge in [0.15, 0.2) is 0 Å². The van der Waals surface area contributed by atoms with Gasteiger partial charge in [0.2, 0.25) is 11.8 Å². The number of carbonyl (C=O) groups is 1. The highest BCUT2D eigenvalue weighted by atomic mass is 19.4. The second-order valence-electron chi connectivity index (χ2n) is 11.8. The van der Waals surface area contributed by atoms with Crippen LogP contribution in [0.25, 0.3) is 11.0 Å². The number of nitrogens with zero attached hydrogens (tertiary/aromatic N) is 4. The summed E-state index contributed by atoms with van der Waals surface area (Å²) >= 11 is 0. The lowest BCUT2D eigenvalue weighted by Crippen LogP contribution is -2.39. The van der Waals surface area contributed by atoms with Gasteiger partial charge in [0, 0.05) is 31.2 Å². The van der Waals surface area contributed by atoms with Crippen molar-refractivity contribution >= 4 is 16.9 Å². The van der Waals surface area contributed by atoms with E-state index in [-0.39, 0.29) is 30.0 Å². The number of aromatic nitrogens is 3. The highest BCUT2D eigenvalue weighted by Gasteiger charge is 2.37. The molecule has 1 aromatic carbocycles. The zero-order valence-corrected chi connectivity index (χ0v) is 25.1. The molecule has 0 bridgehead atoms. The van der Waals surface area contributed by atoms with Crippen molar-refractivity contribution in [2.75, 3.05) is 26.7 Å². The lowest BCUT2D eigenvalue weighted by atomic mass is 9.92. The van der Waals surface area contributed by atoms with Crippen LogP contribution in [0, 0.1) is 6.92 Å². The van der Waals surface area contributed by atoms with Crippen LogP contribution in [0.5, 0.6) is 17.4 Å². The van der Waals surface area contributed by atoms with Crippen molar-refractivity contribution in [2.45, 2.75) is 64.3 Å². The number of likely N-dealkylation sites (tertiary alicyclic amines) is 1. The zero-order chi connectivity index (χ0) is 31.0. The summed E-state index contributed by atoms with van der Waals surface area (Å²) in [6, 6.07) is 10.4. The number of hydrogen-bond acceptors (Lipinski definition) is 6. The number of alkyl halides is 3. The number of rotatable bonds is 6. The Morgan fingerprint density at radius 2 is 1.93 bits per heavy atom. The largest absolute Gasteiger partial charge is 0.474 e. The Balaban J connectivity index is 1.17. The molecule has 1 unspecified atom stereocenters. The first kappa shape index (κ1) is 29.9. The minimum absolute atomic E-state index is 0.192. The van der Waals surface area contributed by atoms with Gasteiger partial charge in [0.1, 0.15) is 28.8 Å². The third kappa shape index (κ3) is 6.38. The van der Waals surface area contributed by atoms with E-state index in [2.05, 4.69) is 19.9 Å². The third-order valence-corrected chi connectivity index (χ3v) is 8.58. The summed E-state index contributed by atoms with van der Waals surface area (Å²) in [5.41, 5.74) is 3.03. The Morgan fingerprint density at radius 3 is 2.75 bits per heavy atom. The number of H-pyrrole nitrogens is 1. The first-order valence-corrected chi connectivity index (χ1v) is 15.0. The molecular formula is C33H36F3N5O3. The fraction of sp³-hybridized carbons (Fsp3) is 0.424. The number of nitrogens with one attached hydrogen (secondary N) is 1. The van der Waals surface area contributed by atoms with Crippen molar-refractivity contribution in [3.05, 3.63) is 76.7 Å². The highest BCUT2D eigenvalue weighted by Crippen LogP contribution is 2.38. The van der Waals surface area contributed by atoms with Gasteiger partial charge < -0.3 is 24.3 Å². The van der Waals surface area contributed by atoms with Gasteiger partial charge >= 0.3 is 6.18 Å². The van der Waals surface area contributed by atoms with Crippen LogP contribution in [0.1, 0.15) is 60.2 Å². The van der Waals surface area contributed by atoms with Crippen LogP contribution in [-0.4, -0.2) is 63.4 Å². The lowest BCUT2D eigenvalue weighted by molar-refractivity contribution is -0.140. The van der Waals surface area contributed by atoms with Crippen LogP contribution in [0.2, 0.25) is 0 Å². The summed E-state index contributed by atoms with van der Waals surface area (Å²) in [4.78, 5) is 29.0. The SMILES string of the molecule is Cc1cc2c(Oc3ccc4c(c3)[C@H](C)N(C(=O)Cc3cnc(OC5CCCN(C)CC5)c(C(F)(F)F)c3)CC4)ccnc2[nH]1. The first-order chi connectivity index (χ1) is 21.0. The van der Waals surface area contributed by atoms with Gasteiger partial charge in [0.25, 0.3) is 0 Å². The Kier molecular flexibility index (Phi) is 8.24. The molecule has 44 heavy (non-hydrogen) atoms. The number of pyridine rings is 2. The van der Waals surface area contributed by atoms with E-state index in [1.165, 1.54) is 6.20 Å². The minimum Gasteiger partial charge on any atom is -0.474 e. The molecule has 4 aromatic rings. The summed E-state index contributed by atoms with van der Waals surface area (Å²) in [5.74, 6) is 0.620. The quantitative estimate of drug-likeness (QED) is 0.265. The highest BCUT2D eigenvalue weighted by molar-refractivity contribution is 5.83. The molecule has 5 heterocycles. The van der Waals surface area contributed by atoms with E-state index in [1.54, 1.807) is 11.1 Å². The summed E-state index contributed by atoms with van der Waals surface area (Å²) in [5, 5.41) is 0.873. The molecule has 11 heteroatoms.